The predicted octanol–water partition coefficient (Wildman–Crippen LogP) is 3.84. The van der Waals surface area contributed by atoms with Gasteiger partial charge in [0.05, 0.1) is 6.42 Å². The lowest BCUT2D eigenvalue weighted by molar-refractivity contribution is -0.132. The van der Waals surface area contributed by atoms with E-state index in [0.29, 0.717) is 11.6 Å². The Morgan fingerprint density at radius 1 is 1.32 bits per heavy atom. The zero-order chi connectivity index (χ0) is 14.5. The Balaban J connectivity index is 2.79. The molecule has 1 N–H and O–H groups in total. The molecule has 0 aliphatic heterocycles. The lowest BCUT2D eigenvalue weighted by atomic mass is 10.1. The number of rotatable bonds is 6. The van der Waals surface area contributed by atoms with Gasteiger partial charge in [0.15, 0.2) is 0 Å². The molecule has 0 saturated heterocycles. The molecule has 0 saturated carbocycles. The zero-order valence-electron chi connectivity index (χ0n) is 11.0. The number of anilines is 1. The predicted molar refractivity (Wildman–Crippen MR) is 72.8 cm³/mol. The van der Waals surface area contributed by atoms with E-state index in [1.165, 1.54) is 0 Å². The first-order chi connectivity index (χ1) is 8.83. The molecule has 6 heteroatoms. The number of nitrogens with one attached hydrogen (secondary N) is 1. The van der Waals surface area contributed by atoms with Crippen molar-refractivity contribution in [3.05, 3.63) is 28.8 Å². The van der Waals surface area contributed by atoms with Gasteiger partial charge >= 0.3 is 6.18 Å². The topological polar surface area (TPSA) is 15.3 Å². The molecule has 0 aliphatic carbocycles. The van der Waals surface area contributed by atoms with Crippen molar-refractivity contribution in [2.45, 2.75) is 26.1 Å². The first-order valence-corrected chi connectivity index (χ1v) is 6.48. The van der Waals surface area contributed by atoms with E-state index in [2.05, 4.69) is 5.32 Å². The van der Waals surface area contributed by atoms with E-state index in [0.717, 1.165) is 17.8 Å². The molecule has 0 spiro atoms. The minimum absolute atomic E-state index is 0.0652. The second-order valence-corrected chi connectivity index (χ2v) is 4.78. The molecule has 0 unspecified atom stereocenters. The van der Waals surface area contributed by atoms with Crippen molar-refractivity contribution >= 4 is 17.3 Å². The van der Waals surface area contributed by atoms with Crippen LogP contribution in [0.3, 0.4) is 0 Å². The van der Waals surface area contributed by atoms with Crippen LogP contribution in [0.5, 0.6) is 0 Å². The van der Waals surface area contributed by atoms with Crippen LogP contribution in [0, 0.1) is 0 Å². The molecular formula is C13H18ClF3N2. The molecule has 0 amide bonds. The Kier molecular flexibility index (Phi) is 5.94. The molecule has 0 aromatic heterocycles. The molecule has 2 nitrogen and oxygen atoms in total. The van der Waals surface area contributed by atoms with Gasteiger partial charge in [-0.3, -0.25) is 0 Å². The minimum atomic E-state index is -4.14. The van der Waals surface area contributed by atoms with Crippen molar-refractivity contribution in [1.29, 1.82) is 0 Å². The highest BCUT2D eigenvalue weighted by Gasteiger charge is 2.27. The van der Waals surface area contributed by atoms with Gasteiger partial charge in [0.1, 0.15) is 0 Å². The van der Waals surface area contributed by atoms with Crippen LogP contribution in [-0.2, 0) is 6.54 Å². The Labute approximate surface area is 116 Å². The maximum atomic E-state index is 12.2. The molecule has 0 fully saturated rings. The van der Waals surface area contributed by atoms with E-state index in [1.54, 1.807) is 30.1 Å². The summed E-state index contributed by atoms with van der Waals surface area (Å²) in [5, 5.41) is 3.74. The SMILES string of the molecule is CCNCc1cc(Cl)ccc1N(C)CCC(F)(F)F. The van der Waals surface area contributed by atoms with E-state index >= 15 is 0 Å². The summed E-state index contributed by atoms with van der Waals surface area (Å²) >= 11 is 5.92. The molecule has 0 aliphatic rings. The summed E-state index contributed by atoms with van der Waals surface area (Å²) in [6, 6.07) is 5.23. The third kappa shape index (κ3) is 5.70. The van der Waals surface area contributed by atoms with Crippen molar-refractivity contribution < 1.29 is 13.2 Å². The minimum Gasteiger partial charge on any atom is -0.374 e. The van der Waals surface area contributed by atoms with Crippen LogP contribution < -0.4 is 10.2 Å². The van der Waals surface area contributed by atoms with Crippen LogP contribution in [0.1, 0.15) is 18.9 Å². The Morgan fingerprint density at radius 2 is 2.00 bits per heavy atom. The van der Waals surface area contributed by atoms with E-state index in [-0.39, 0.29) is 6.54 Å². The number of alkyl halides is 3. The fourth-order valence-corrected chi connectivity index (χ4v) is 1.94. The van der Waals surface area contributed by atoms with Gasteiger partial charge in [-0.15, -0.1) is 0 Å². The van der Waals surface area contributed by atoms with Gasteiger partial charge in [0.25, 0.3) is 0 Å². The lowest BCUT2D eigenvalue weighted by Crippen LogP contribution is -2.25. The number of hydrogen-bond acceptors (Lipinski definition) is 2. The van der Waals surface area contributed by atoms with Gasteiger partial charge in [0.2, 0.25) is 0 Å². The van der Waals surface area contributed by atoms with Crippen LogP contribution in [0.25, 0.3) is 0 Å². The number of nitrogens with zero attached hydrogens (tertiary/aromatic N) is 1. The second kappa shape index (κ2) is 7.01. The highest BCUT2D eigenvalue weighted by Crippen LogP contribution is 2.26. The van der Waals surface area contributed by atoms with Gasteiger partial charge in [0, 0.05) is 30.8 Å². The van der Waals surface area contributed by atoms with Gasteiger partial charge in [-0.2, -0.15) is 13.2 Å². The first kappa shape index (κ1) is 16.1. The number of benzene rings is 1. The molecule has 1 aromatic rings. The quantitative estimate of drug-likeness (QED) is 0.857. The van der Waals surface area contributed by atoms with Crippen LogP contribution in [0.15, 0.2) is 18.2 Å². The Morgan fingerprint density at radius 3 is 2.58 bits per heavy atom. The molecular weight excluding hydrogens is 277 g/mol. The van der Waals surface area contributed by atoms with Gasteiger partial charge in [-0.05, 0) is 30.3 Å². The van der Waals surface area contributed by atoms with E-state index < -0.39 is 12.6 Å². The monoisotopic (exact) mass is 294 g/mol. The summed E-state index contributed by atoms with van der Waals surface area (Å²) < 4.78 is 36.7. The number of hydrogen-bond donors (Lipinski definition) is 1. The maximum Gasteiger partial charge on any atom is 0.390 e. The smallest absolute Gasteiger partial charge is 0.374 e. The standard InChI is InChI=1S/C13H18ClF3N2/c1-3-18-9-10-8-11(14)4-5-12(10)19(2)7-6-13(15,16)17/h4-5,8,18H,3,6-7,9H2,1-2H3. The third-order valence-electron chi connectivity index (χ3n) is 2.75. The van der Waals surface area contributed by atoms with Crippen LogP contribution >= 0.6 is 11.6 Å². The summed E-state index contributed by atoms with van der Waals surface area (Å²) in [5.41, 5.74) is 1.67. The Bertz CT molecular complexity index is 407. The summed E-state index contributed by atoms with van der Waals surface area (Å²) in [5.74, 6) is 0. The summed E-state index contributed by atoms with van der Waals surface area (Å²) in [7, 11) is 1.66. The maximum absolute atomic E-state index is 12.2. The van der Waals surface area contributed by atoms with Crippen LogP contribution in [0.2, 0.25) is 5.02 Å². The summed E-state index contributed by atoms with van der Waals surface area (Å²) in [6.07, 6.45) is -4.96. The highest BCUT2D eigenvalue weighted by atomic mass is 35.5. The van der Waals surface area contributed by atoms with Crippen LogP contribution in [0.4, 0.5) is 18.9 Å². The van der Waals surface area contributed by atoms with Crippen molar-refractivity contribution in [1.82, 2.24) is 5.32 Å². The molecule has 1 rings (SSSR count). The van der Waals surface area contributed by atoms with Gasteiger partial charge < -0.3 is 10.2 Å². The molecule has 19 heavy (non-hydrogen) atoms. The third-order valence-corrected chi connectivity index (χ3v) is 2.98. The number of halogens is 4. The molecule has 0 heterocycles. The van der Waals surface area contributed by atoms with Crippen molar-refractivity contribution in [3.63, 3.8) is 0 Å². The fraction of sp³-hybridized carbons (Fsp3) is 0.538. The normalized spacial score (nSPS) is 11.7. The fourth-order valence-electron chi connectivity index (χ4n) is 1.74. The van der Waals surface area contributed by atoms with E-state index in [4.69, 9.17) is 11.6 Å². The van der Waals surface area contributed by atoms with Crippen molar-refractivity contribution in [3.8, 4) is 0 Å². The van der Waals surface area contributed by atoms with Gasteiger partial charge in [-0.1, -0.05) is 18.5 Å². The average Bonchev–Trinajstić information content (AvgIpc) is 2.32. The largest absolute Gasteiger partial charge is 0.390 e. The Hall–Kier alpha value is -0.940. The lowest BCUT2D eigenvalue weighted by Gasteiger charge is -2.23. The van der Waals surface area contributed by atoms with Crippen LogP contribution in [-0.4, -0.2) is 26.3 Å². The molecule has 0 radical (unpaired) electrons. The van der Waals surface area contributed by atoms with Crippen molar-refractivity contribution in [2.24, 2.45) is 0 Å². The summed E-state index contributed by atoms with van der Waals surface area (Å²) in [4.78, 5) is 1.61. The molecule has 108 valence electrons. The van der Waals surface area contributed by atoms with E-state index in [9.17, 15) is 13.2 Å². The van der Waals surface area contributed by atoms with Crippen molar-refractivity contribution in [2.75, 3.05) is 25.0 Å². The molecule has 1 aromatic carbocycles. The summed E-state index contributed by atoms with van der Waals surface area (Å²) in [6.45, 7) is 3.28. The van der Waals surface area contributed by atoms with Gasteiger partial charge in [-0.25, -0.2) is 0 Å². The first-order valence-electron chi connectivity index (χ1n) is 6.10. The second-order valence-electron chi connectivity index (χ2n) is 4.34. The molecule has 0 bridgehead atoms. The highest BCUT2D eigenvalue weighted by molar-refractivity contribution is 6.30. The molecule has 0 atom stereocenters. The van der Waals surface area contributed by atoms with E-state index in [1.807, 2.05) is 6.92 Å². The average molecular weight is 295 g/mol. The zero-order valence-corrected chi connectivity index (χ0v) is 11.8.